The summed E-state index contributed by atoms with van der Waals surface area (Å²) in [7, 11) is 0. The molecule has 0 saturated carbocycles. The number of aromatic nitrogens is 1. The largest absolute Gasteiger partial charge is 0.439 e. The predicted octanol–water partition coefficient (Wildman–Crippen LogP) is 3.96. The quantitative estimate of drug-likeness (QED) is 0.933. The van der Waals surface area contributed by atoms with Gasteiger partial charge in [0.2, 0.25) is 5.88 Å². The SMILES string of the molecule is Cc1cc(Oc2ncccc2C(C)N)ccc1Br. The number of nitrogens with zero attached hydrogens (tertiary/aromatic N) is 1. The molecule has 1 unspecified atom stereocenters. The van der Waals surface area contributed by atoms with Gasteiger partial charge in [0.05, 0.1) is 0 Å². The topological polar surface area (TPSA) is 48.1 Å². The lowest BCUT2D eigenvalue weighted by Gasteiger charge is -2.12. The zero-order chi connectivity index (χ0) is 13.1. The molecule has 0 spiro atoms. The van der Waals surface area contributed by atoms with Crippen molar-refractivity contribution in [2.45, 2.75) is 19.9 Å². The van der Waals surface area contributed by atoms with Crippen molar-refractivity contribution in [1.29, 1.82) is 0 Å². The summed E-state index contributed by atoms with van der Waals surface area (Å²) in [6, 6.07) is 9.50. The van der Waals surface area contributed by atoms with Crippen molar-refractivity contribution in [1.82, 2.24) is 4.98 Å². The summed E-state index contributed by atoms with van der Waals surface area (Å²) in [6.45, 7) is 3.93. The molecule has 0 amide bonds. The van der Waals surface area contributed by atoms with Gasteiger partial charge in [-0.25, -0.2) is 4.98 Å². The highest BCUT2D eigenvalue weighted by Crippen LogP contribution is 2.28. The molecule has 1 heterocycles. The Kier molecular flexibility index (Phi) is 3.99. The van der Waals surface area contributed by atoms with Gasteiger partial charge in [-0.15, -0.1) is 0 Å². The van der Waals surface area contributed by atoms with E-state index >= 15 is 0 Å². The number of ether oxygens (including phenoxy) is 1. The summed E-state index contributed by atoms with van der Waals surface area (Å²) in [5, 5.41) is 0. The number of rotatable bonds is 3. The van der Waals surface area contributed by atoms with Gasteiger partial charge >= 0.3 is 0 Å². The second kappa shape index (κ2) is 5.50. The summed E-state index contributed by atoms with van der Waals surface area (Å²) >= 11 is 3.46. The molecule has 2 rings (SSSR count). The first kappa shape index (κ1) is 13.1. The average Bonchev–Trinajstić information content (AvgIpc) is 2.34. The van der Waals surface area contributed by atoms with E-state index in [2.05, 4.69) is 20.9 Å². The zero-order valence-corrected chi connectivity index (χ0v) is 11.9. The molecule has 0 saturated heterocycles. The van der Waals surface area contributed by atoms with Crippen LogP contribution in [-0.2, 0) is 0 Å². The van der Waals surface area contributed by atoms with Crippen LogP contribution in [0.25, 0.3) is 0 Å². The summed E-state index contributed by atoms with van der Waals surface area (Å²) < 4.78 is 6.85. The first-order valence-corrected chi connectivity index (χ1v) is 6.51. The maximum atomic E-state index is 5.89. The van der Waals surface area contributed by atoms with Crippen LogP contribution in [0.1, 0.15) is 24.1 Å². The Balaban J connectivity index is 2.31. The number of halogens is 1. The maximum absolute atomic E-state index is 5.89. The molecule has 0 aliphatic carbocycles. The standard InChI is InChI=1S/C14H15BrN2O/c1-9-8-11(5-6-13(9)15)18-14-12(10(2)16)4-3-7-17-14/h3-8,10H,16H2,1-2H3. The van der Waals surface area contributed by atoms with Gasteiger partial charge in [-0.2, -0.15) is 0 Å². The summed E-state index contributed by atoms with van der Waals surface area (Å²) in [5.74, 6) is 1.32. The predicted molar refractivity (Wildman–Crippen MR) is 75.8 cm³/mol. The van der Waals surface area contributed by atoms with Gasteiger partial charge < -0.3 is 10.5 Å². The van der Waals surface area contributed by atoms with Crippen LogP contribution in [0.4, 0.5) is 0 Å². The number of pyridine rings is 1. The van der Waals surface area contributed by atoms with Crippen molar-refractivity contribution in [3.05, 3.63) is 52.1 Å². The van der Waals surface area contributed by atoms with E-state index in [9.17, 15) is 0 Å². The second-order valence-electron chi connectivity index (χ2n) is 4.20. The molecule has 1 aromatic carbocycles. The first-order chi connectivity index (χ1) is 8.58. The van der Waals surface area contributed by atoms with Crippen molar-refractivity contribution in [3.8, 4) is 11.6 Å². The molecule has 94 valence electrons. The molecule has 18 heavy (non-hydrogen) atoms. The highest BCUT2D eigenvalue weighted by atomic mass is 79.9. The minimum Gasteiger partial charge on any atom is -0.439 e. The van der Waals surface area contributed by atoms with Gasteiger partial charge in [-0.1, -0.05) is 22.0 Å². The Morgan fingerprint density at radius 2 is 2.11 bits per heavy atom. The van der Waals surface area contributed by atoms with Gasteiger partial charge in [0.1, 0.15) is 5.75 Å². The molecule has 2 aromatic rings. The molecule has 0 aliphatic heterocycles. The third-order valence-corrected chi connectivity index (χ3v) is 3.52. The number of hydrogen-bond donors (Lipinski definition) is 1. The molecular formula is C14H15BrN2O. The van der Waals surface area contributed by atoms with Gasteiger partial charge in [0.15, 0.2) is 0 Å². The third kappa shape index (κ3) is 2.89. The van der Waals surface area contributed by atoms with E-state index in [1.165, 1.54) is 0 Å². The van der Waals surface area contributed by atoms with Gasteiger partial charge in [-0.3, -0.25) is 0 Å². The normalized spacial score (nSPS) is 12.2. The molecule has 0 fully saturated rings. The number of benzene rings is 1. The maximum Gasteiger partial charge on any atom is 0.223 e. The van der Waals surface area contributed by atoms with Crippen molar-refractivity contribution in [2.75, 3.05) is 0 Å². The summed E-state index contributed by atoms with van der Waals surface area (Å²) in [6.07, 6.45) is 1.70. The molecule has 2 N–H and O–H groups in total. The van der Waals surface area contributed by atoms with Crippen LogP contribution in [0.3, 0.4) is 0 Å². The fraction of sp³-hybridized carbons (Fsp3) is 0.214. The Hall–Kier alpha value is -1.39. The first-order valence-electron chi connectivity index (χ1n) is 5.72. The molecule has 0 radical (unpaired) electrons. The van der Waals surface area contributed by atoms with Crippen molar-refractivity contribution in [3.63, 3.8) is 0 Å². The Morgan fingerprint density at radius 3 is 2.78 bits per heavy atom. The van der Waals surface area contributed by atoms with E-state index < -0.39 is 0 Å². The third-order valence-electron chi connectivity index (χ3n) is 2.64. The fourth-order valence-corrected chi connectivity index (χ4v) is 1.87. The number of aryl methyl sites for hydroxylation is 1. The van der Waals surface area contributed by atoms with Gasteiger partial charge in [0, 0.05) is 22.3 Å². The monoisotopic (exact) mass is 306 g/mol. The molecule has 0 bridgehead atoms. The second-order valence-corrected chi connectivity index (χ2v) is 5.05. The molecule has 4 heteroatoms. The van der Waals surface area contributed by atoms with Crippen LogP contribution in [-0.4, -0.2) is 4.98 Å². The van der Waals surface area contributed by atoms with Crippen molar-refractivity contribution >= 4 is 15.9 Å². The highest BCUT2D eigenvalue weighted by molar-refractivity contribution is 9.10. The lowest BCUT2D eigenvalue weighted by Crippen LogP contribution is -2.07. The average molecular weight is 307 g/mol. The Bertz CT molecular complexity index is 555. The zero-order valence-electron chi connectivity index (χ0n) is 10.4. The Labute approximate surface area is 115 Å². The number of nitrogens with two attached hydrogens (primary N) is 1. The van der Waals surface area contributed by atoms with E-state index in [0.29, 0.717) is 5.88 Å². The molecule has 3 nitrogen and oxygen atoms in total. The fourth-order valence-electron chi connectivity index (χ4n) is 1.63. The number of hydrogen-bond acceptors (Lipinski definition) is 3. The van der Waals surface area contributed by atoms with E-state index in [4.69, 9.17) is 10.5 Å². The smallest absolute Gasteiger partial charge is 0.223 e. The van der Waals surface area contributed by atoms with Crippen LogP contribution in [0, 0.1) is 6.92 Å². The van der Waals surface area contributed by atoms with E-state index in [1.54, 1.807) is 6.20 Å². The van der Waals surface area contributed by atoms with Crippen LogP contribution >= 0.6 is 15.9 Å². The Morgan fingerprint density at radius 1 is 1.33 bits per heavy atom. The van der Waals surface area contributed by atoms with E-state index in [1.807, 2.05) is 44.2 Å². The lowest BCUT2D eigenvalue weighted by molar-refractivity contribution is 0.451. The van der Waals surface area contributed by atoms with Crippen LogP contribution < -0.4 is 10.5 Å². The molecule has 1 aromatic heterocycles. The molecule has 1 atom stereocenters. The highest BCUT2D eigenvalue weighted by Gasteiger charge is 2.10. The van der Waals surface area contributed by atoms with Crippen LogP contribution in [0.5, 0.6) is 11.6 Å². The van der Waals surface area contributed by atoms with Crippen molar-refractivity contribution < 1.29 is 4.74 Å². The van der Waals surface area contributed by atoms with Crippen molar-refractivity contribution in [2.24, 2.45) is 5.73 Å². The summed E-state index contributed by atoms with van der Waals surface area (Å²) in [5.41, 5.74) is 7.91. The minimum atomic E-state index is -0.106. The minimum absolute atomic E-state index is 0.106. The lowest BCUT2D eigenvalue weighted by atomic mass is 10.1. The van der Waals surface area contributed by atoms with Gasteiger partial charge in [-0.05, 0) is 43.7 Å². The van der Waals surface area contributed by atoms with E-state index in [0.717, 1.165) is 21.3 Å². The van der Waals surface area contributed by atoms with Gasteiger partial charge in [0.25, 0.3) is 0 Å². The van der Waals surface area contributed by atoms with Crippen LogP contribution in [0.15, 0.2) is 41.0 Å². The van der Waals surface area contributed by atoms with Crippen LogP contribution in [0.2, 0.25) is 0 Å². The molecule has 0 aliphatic rings. The van der Waals surface area contributed by atoms with E-state index in [-0.39, 0.29) is 6.04 Å². The molecular weight excluding hydrogens is 292 g/mol. The summed E-state index contributed by atoms with van der Waals surface area (Å²) in [4.78, 5) is 4.23.